The fourth-order valence-corrected chi connectivity index (χ4v) is 4.50. The van der Waals surface area contributed by atoms with E-state index in [4.69, 9.17) is 0 Å². The molecule has 3 aliphatic rings. The highest BCUT2D eigenvalue weighted by atomic mass is 16.2. The van der Waals surface area contributed by atoms with Crippen molar-refractivity contribution in [2.75, 3.05) is 26.7 Å². The van der Waals surface area contributed by atoms with Crippen molar-refractivity contribution in [1.82, 2.24) is 20.0 Å². The average Bonchev–Trinajstić information content (AvgIpc) is 3.17. The lowest BCUT2D eigenvalue weighted by molar-refractivity contribution is -0.143. The zero-order valence-corrected chi connectivity index (χ0v) is 13.7. The smallest absolute Gasteiger partial charge is 0.274 e. The zero-order valence-electron chi connectivity index (χ0n) is 13.7. The summed E-state index contributed by atoms with van der Waals surface area (Å²) in [5, 5.41) is 7.34. The van der Waals surface area contributed by atoms with E-state index in [-0.39, 0.29) is 17.2 Å². The molecule has 0 saturated carbocycles. The Balaban J connectivity index is 1.55. The van der Waals surface area contributed by atoms with Crippen LogP contribution in [-0.2, 0) is 17.6 Å². The first-order chi connectivity index (χ1) is 11.1. The molecule has 23 heavy (non-hydrogen) atoms. The fraction of sp³-hybridized carbons (Fsp3) is 0.706. The van der Waals surface area contributed by atoms with E-state index in [1.165, 1.54) is 0 Å². The monoisotopic (exact) mass is 316 g/mol. The summed E-state index contributed by atoms with van der Waals surface area (Å²) in [5.74, 6) is 0.213. The lowest BCUT2D eigenvalue weighted by atomic mass is 9.78. The molecule has 0 bridgehead atoms. The van der Waals surface area contributed by atoms with Crippen LogP contribution < -0.4 is 0 Å². The predicted octanol–water partition coefficient (Wildman–Crippen LogP) is 1.37. The molecule has 2 amide bonds. The van der Waals surface area contributed by atoms with Crippen LogP contribution in [0, 0.1) is 5.41 Å². The van der Waals surface area contributed by atoms with Gasteiger partial charge in [-0.05, 0) is 44.9 Å². The maximum atomic E-state index is 12.9. The van der Waals surface area contributed by atoms with Crippen molar-refractivity contribution < 1.29 is 9.59 Å². The number of hydrogen-bond acceptors (Lipinski definition) is 3. The van der Waals surface area contributed by atoms with Gasteiger partial charge in [-0.1, -0.05) is 0 Å². The molecule has 1 unspecified atom stereocenters. The Morgan fingerprint density at radius 1 is 1.17 bits per heavy atom. The molecule has 6 heteroatoms. The summed E-state index contributed by atoms with van der Waals surface area (Å²) >= 11 is 0. The Kier molecular flexibility index (Phi) is 3.43. The molecule has 6 nitrogen and oxygen atoms in total. The number of H-pyrrole nitrogens is 1. The molecule has 124 valence electrons. The van der Waals surface area contributed by atoms with Gasteiger partial charge in [0.15, 0.2) is 5.69 Å². The number of likely N-dealkylation sites (tertiary alicyclic amines) is 2. The number of hydrogen-bond donors (Lipinski definition) is 1. The second-order valence-electron chi connectivity index (χ2n) is 7.32. The summed E-state index contributed by atoms with van der Waals surface area (Å²) in [6, 6.07) is 0. The highest BCUT2D eigenvalue weighted by molar-refractivity contribution is 5.95. The van der Waals surface area contributed by atoms with Crippen LogP contribution in [-0.4, -0.2) is 58.5 Å². The van der Waals surface area contributed by atoms with Crippen LogP contribution in [0.5, 0.6) is 0 Å². The van der Waals surface area contributed by atoms with E-state index in [0.29, 0.717) is 18.8 Å². The van der Waals surface area contributed by atoms with Gasteiger partial charge in [0.25, 0.3) is 5.91 Å². The van der Waals surface area contributed by atoms with Gasteiger partial charge >= 0.3 is 0 Å². The van der Waals surface area contributed by atoms with Gasteiger partial charge in [0.1, 0.15) is 0 Å². The molecular formula is C17H24N4O2. The van der Waals surface area contributed by atoms with Crippen LogP contribution in [0.1, 0.15) is 53.8 Å². The van der Waals surface area contributed by atoms with Crippen molar-refractivity contribution in [1.29, 1.82) is 0 Å². The van der Waals surface area contributed by atoms with Crippen LogP contribution in [0.4, 0.5) is 0 Å². The molecule has 1 spiro atoms. The summed E-state index contributed by atoms with van der Waals surface area (Å²) in [7, 11) is 1.87. The van der Waals surface area contributed by atoms with Crippen LogP contribution in [0.25, 0.3) is 0 Å². The number of aromatic nitrogens is 2. The maximum Gasteiger partial charge on any atom is 0.274 e. The second kappa shape index (κ2) is 5.35. The maximum absolute atomic E-state index is 12.9. The molecule has 4 rings (SSSR count). The van der Waals surface area contributed by atoms with Crippen molar-refractivity contribution in [3.63, 3.8) is 0 Å². The summed E-state index contributed by atoms with van der Waals surface area (Å²) in [4.78, 5) is 29.2. The summed E-state index contributed by atoms with van der Waals surface area (Å²) < 4.78 is 0. The average molecular weight is 316 g/mol. The third kappa shape index (κ3) is 2.26. The fourth-order valence-electron chi connectivity index (χ4n) is 4.50. The van der Waals surface area contributed by atoms with Gasteiger partial charge in [-0.25, -0.2) is 0 Å². The zero-order chi connectivity index (χ0) is 16.0. The van der Waals surface area contributed by atoms with Gasteiger partial charge in [0.05, 0.1) is 5.41 Å². The van der Waals surface area contributed by atoms with E-state index in [1.807, 2.05) is 16.8 Å². The van der Waals surface area contributed by atoms with Gasteiger partial charge < -0.3 is 9.80 Å². The molecule has 1 aliphatic carbocycles. The normalized spacial score (nSPS) is 27.6. The Morgan fingerprint density at radius 2 is 2.00 bits per heavy atom. The van der Waals surface area contributed by atoms with Crippen molar-refractivity contribution in [3.8, 4) is 0 Å². The van der Waals surface area contributed by atoms with Crippen molar-refractivity contribution >= 4 is 11.8 Å². The molecule has 2 saturated heterocycles. The van der Waals surface area contributed by atoms with E-state index in [1.54, 1.807) is 0 Å². The van der Waals surface area contributed by atoms with E-state index in [0.717, 1.165) is 62.7 Å². The molecule has 1 aromatic heterocycles. The predicted molar refractivity (Wildman–Crippen MR) is 85.1 cm³/mol. The van der Waals surface area contributed by atoms with Gasteiger partial charge in [0, 0.05) is 37.9 Å². The number of fused-ring (bicyclic) bond motifs is 1. The van der Waals surface area contributed by atoms with E-state index in [9.17, 15) is 9.59 Å². The number of aromatic amines is 1. The van der Waals surface area contributed by atoms with Gasteiger partial charge in [-0.2, -0.15) is 5.10 Å². The van der Waals surface area contributed by atoms with Crippen LogP contribution in [0.15, 0.2) is 0 Å². The van der Waals surface area contributed by atoms with Crippen LogP contribution in [0.3, 0.4) is 0 Å². The largest absolute Gasteiger partial charge is 0.345 e. The number of rotatable bonds is 1. The van der Waals surface area contributed by atoms with Crippen LogP contribution in [0.2, 0.25) is 0 Å². The number of carbonyl (C=O) groups is 2. The molecule has 1 N–H and O–H groups in total. The Hall–Kier alpha value is -1.85. The summed E-state index contributed by atoms with van der Waals surface area (Å²) in [5.41, 5.74) is 2.48. The van der Waals surface area contributed by atoms with E-state index in [2.05, 4.69) is 10.2 Å². The Labute approximate surface area is 136 Å². The van der Waals surface area contributed by atoms with Crippen LogP contribution >= 0.6 is 0 Å². The minimum atomic E-state index is -0.348. The third-order valence-electron chi connectivity index (χ3n) is 5.85. The molecule has 2 aliphatic heterocycles. The first-order valence-electron chi connectivity index (χ1n) is 8.72. The summed E-state index contributed by atoms with van der Waals surface area (Å²) in [6.45, 7) is 2.05. The highest BCUT2D eigenvalue weighted by Crippen LogP contribution is 2.40. The van der Waals surface area contributed by atoms with E-state index < -0.39 is 0 Å². The first kappa shape index (κ1) is 14.7. The lowest BCUT2D eigenvalue weighted by Gasteiger charge is -2.37. The number of carbonyl (C=O) groups excluding carboxylic acids is 2. The minimum Gasteiger partial charge on any atom is -0.345 e. The van der Waals surface area contributed by atoms with Gasteiger partial charge in [-0.15, -0.1) is 0 Å². The molecule has 1 aromatic rings. The Bertz CT molecular complexity index is 653. The molecular weight excluding hydrogens is 292 g/mol. The Morgan fingerprint density at radius 3 is 2.87 bits per heavy atom. The lowest BCUT2D eigenvalue weighted by Crippen LogP contribution is -2.48. The number of piperidine rings is 1. The van der Waals surface area contributed by atoms with Crippen molar-refractivity contribution in [3.05, 3.63) is 17.0 Å². The molecule has 0 radical (unpaired) electrons. The first-order valence-corrected chi connectivity index (χ1v) is 8.72. The second-order valence-corrected chi connectivity index (χ2v) is 7.32. The minimum absolute atomic E-state index is 0.00213. The van der Waals surface area contributed by atoms with E-state index >= 15 is 0 Å². The van der Waals surface area contributed by atoms with Gasteiger partial charge in [-0.3, -0.25) is 14.7 Å². The molecule has 3 heterocycles. The SMILES string of the molecule is CN1CCCC2(CCN(C(=O)c3n[nH]c4c3CCCC4)C2)C1=O. The summed E-state index contributed by atoms with van der Waals surface area (Å²) in [6.07, 6.45) is 6.93. The van der Waals surface area contributed by atoms with Crippen molar-refractivity contribution in [2.45, 2.75) is 44.9 Å². The molecule has 0 aromatic carbocycles. The third-order valence-corrected chi connectivity index (χ3v) is 5.85. The number of nitrogens with one attached hydrogen (secondary N) is 1. The standard InChI is InChI=1S/C17H24N4O2/c1-20-9-4-7-17(16(20)23)8-10-21(11-17)15(22)14-12-5-2-3-6-13(12)18-19-14/h2-11H2,1H3,(H,18,19). The highest BCUT2D eigenvalue weighted by Gasteiger charge is 2.49. The number of aryl methyl sites for hydroxylation is 1. The topological polar surface area (TPSA) is 69.3 Å². The molecule has 1 atom stereocenters. The number of nitrogens with zero attached hydrogens (tertiary/aromatic N) is 3. The van der Waals surface area contributed by atoms with Gasteiger partial charge in [0.2, 0.25) is 5.91 Å². The molecule has 2 fully saturated rings. The van der Waals surface area contributed by atoms with Crippen molar-refractivity contribution in [2.24, 2.45) is 5.41 Å². The quantitative estimate of drug-likeness (QED) is 0.851. The number of amides is 2.